The predicted octanol–water partition coefficient (Wildman–Crippen LogP) is 5.69. The van der Waals surface area contributed by atoms with Gasteiger partial charge < -0.3 is 9.64 Å². The van der Waals surface area contributed by atoms with Crippen LogP contribution in [0.25, 0.3) is 0 Å². The van der Waals surface area contributed by atoms with Crippen LogP contribution in [0.1, 0.15) is 33.0 Å². The lowest BCUT2D eigenvalue weighted by molar-refractivity contribution is -0.140. The van der Waals surface area contributed by atoms with Gasteiger partial charge in [0.15, 0.2) is 0 Å². The first-order chi connectivity index (χ1) is 17.5. The predicted molar refractivity (Wildman–Crippen MR) is 130 cm³/mol. The molecule has 3 aromatic rings. The fourth-order valence-corrected chi connectivity index (χ4v) is 4.78. The van der Waals surface area contributed by atoms with Gasteiger partial charge in [0.2, 0.25) is 0 Å². The minimum atomic E-state index is -4.77. The van der Waals surface area contributed by atoms with Crippen molar-refractivity contribution >= 4 is 29.1 Å². The third-order valence-corrected chi connectivity index (χ3v) is 7.08. The molecule has 2 heterocycles. The number of likely N-dealkylation sites (N-methyl/N-ethyl adjacent to an activating group) is 1. The molecule has 196 valence electrons. The number of amides is 1. The Kier molecular flexibility index (Phi) is 7.91. The first-order valence-electron chi connectivity index (χ1n) is 11.1. The van der Waals surface area contributed by atoms with Crippen LogP contribution in [0.5, 0.6) is 6.01 Å². The molecule has 0 bridgehead atoms. The molecule has 1 fully saturated rings. The van der Waals surface area contributed by atoms with Gasteiger partial charge in [0.1, 0.15) is 5.82 Å². The smallest absolute Gasteiger partial charge is 0.419 e. The summed E-state index contributed by atoms with van der Waals surface area (Å²) in [5.74, 6) is -1.83. The average Bonchev–Trinajstić information content (AvgIpc) is 3.30. The van der Waals surface area contributed by atoms with Crippen molar-refractivity contribution in [3.8, 4) is 6.01 Å². The maximum absolute atomic E-state index is 14.2. The zero-order chi connectivity index (χ0) is 26.9. The van der Waals surface area contributed by atoms with Crippen LogP contribution in [0, 0.1) is 5.82 Å². The van der Waals surface area contributed by atoms with Crippen LogP contribution in [-0.2, 0) is 12.7 Å². The maximum atomic E-state index is 14.2. The van der Waals surface area contributed by atoms with E-state index in [2.05, 4.69) is 9.97 Å². The Labute approximate surface area is 220 Å². The molecule has 6 nitrogen and oxygen atoms in total. The third kappa shape index (κ3) is 5.97. The number of alkyl halides is 3. The number of aromatic nitrogens is 2. The van der Waals surface area contributed by atoms with Crippen molar-refractivity contribution in [2.75, 3.05) is 27.2 Å². The van der Waals surface area contributed by atoms with Crippen molar-refractivity contribution in [1.29, 1.82) is 0 Å². The molecule has 1 aliphatic rings. The summed E-state index contributed by atoms with van der Waals surface area (Å²) in [5.41, 5.74) is 0.175. The number of likely N-dealkylation sites (tertiary alicyclic amines) is 1. The second-order valence-electron chi connectivity index (χ2n) is 8.74. The van der Waals surface area contributed by atoms with Gasteiger partial charge in [-0.15, -0.1) is 0 Å². The summed E-state index contributed by atoms with van der Waals surface area (Å²) in [6.07, 6.45) is -2.01. The van der Waals surface area contributed by atoms with Crippen LogP contribution >= 0.6 is 23.2 Å². The van der Waals surface area contributed by atoms with E-state index in [4.69, 9.17) is 27.9 Å². The molecular formula is C25H22Cl2F4N4O2. The first-order valence-corrected chi connectivity index (χ1v) is 11.9. The van der Waals surface area contributed by atoms with Crippen LogP contribution in [0.15, 0.2) is 48.8 Å². The number of halogens is 6. The van der Waals surface area contributed by atoms with E-state index in [9.17, 15) is 22.4 Å². The Bertz CT molecular complexity index is 1290. The summed E-state index contributed by atoms with van der Waals surface area (Å²) in [7, 11) is 3.19. The summed E-state index contributed by atoms with van der Waals surface area (Å²) in [4.78, 5) is 24.7. The number of methoxy groups -OCH3 is 1. The number of carbonyl (C=O) groups excluding carboxylic acids is 1. The van der Waals surface area contributed by atoms with Crippen molar-refractivity contribution in [3.05, 3.63) is 86.9 Å². The zero-order valence-corrected chi connectivity index (χ0v) is 21.3. The average molecular weight is 557 g/mol. The second kappa shape index (κ2) is 10.8. The van der Waals surface area contributed by atoms with Crippen LogP contribution in [0.2, 0.25) is 10.0 Å². The summed E-state index contributed by atoms with van der Waals surface area (Å²) in [6, 6.07) is 7.98. The van der Waals surface area contributed by atoms with E-state index in [-0.39, 0.29) is 36.0 Å². The molecule has 0 radical (unpaired) electrons. The summed E-state index contributed by atoms with van der Waals surface area (Å²) in [5, 5.41) is 0.746. The molecule has 0 aliphatic carbocycles. The van der Waals surface area contributed by atoms with Crippen LogP contribution in [0.4, 0.5) is 17.6 Å². The van der Waals surface area contributed by atoms with Gasteiger partial charge in [0.05, 0.1) is 28.3 Å². The normalized spacial score (nSPS) is 17.9. The lowest BCUT2D eigenvalue weighted by Crippen LogP contribution is -2.38. The minimum Gasteiger partial charge on any atom is -0.467 e. The fourth-order valence-electron chi connectivity index (χ4n) is 4.48. The standard InChI is InChI=1S/C25H22Cl2F4N4O2/c1-34(11-14-3-5-18(21(28)7-14)25(29,30)31)22-13-35(23(36)16-9-32-24(37-2)33-10-16)12-17(22)15-4-6-19(26)20(27)8-15/h3-10,17,22H,11-13H2,1-2H3/t17-,22+/m1/s1. The molecule has 0 spiro atoms. The Morgan fingerprint density at radius 1 is 1.11 bits per heavy atom. The van der Waals surface area contributed by atoms with Crippen molar-refractivity contribution in [2.24, 2.45) is 0 Å². The number of rotatable bonds is 6. The van der Waals surface area contributed by atoms with Gasteiger partial charge in [0, 0.05) is 44.0 Å². The molecule has 1 saturated heterocycles. The molecule has 37 heavy (non-hydrogen) atoms. The fraction of sp³-hybridized carbons (Fsp3) is 0.320. The van der Waals surface area contributed by atoms with E-state index in [1.54, 1.807) is 24.1 Å². The summed E-state index contributed by atoms with van der Waals surface area (Å²) < 4.78 is 58.0. The van der Waals surface area contributed by atoms with E-state index in [1.165, 1.54) is 25.6 Å². The molecule has 2 atom stereocenters. The van der Waals surface area contributed by atoms with Gasteiger partial charge >= 0.3 is 12.2 Å². The zero-order valence-electron chi connectivity index (χ0n) is 19.8. The lowest BCUT2D eigenvalue weighted by atomic mass is 9.93. The quantitative estimate of drug-likeness (QED) is 0.365. The molecule has 4 rings (SSSR count). The first kappa shape index (κ1) is 27.1. The molecular weight excluding hydrogens is 535 g/mol. The molecule has 12 heteroatoms. The highest BCUT2D eigenvalue weighted by atomic mass is 35.5. The number of nitrogens with zero attached hydrogens (tertiary/aromatic N) is 4. The lowest BCUT2D eigenvalue weighted by Gasteiger charge is -2.29. The molecule has 1 aliphatic heterocycles. The molecule has 0 saturated carbocycles. The summed E-state index contributed by atoms with van der Waals surface area (Å²) in [6.45, 7) is 0.791. The second-order valence-corrected chi connectivity index (χ2v) is 9.56. The largest absolute Gasteiger partial charge is 0.467 e. The van der Waals surface area contributed by atoms with Gasteiger partial charge in [-0.1, -0.05) is 35.3 Å². The highest BCUT2D eigenvalue weighted by Gasteiger charge is 2.39. The Balaban J connectivity index is 1.60. The monoisotopic (exact) mass is 556 g/mol. The molecule has 0 N–H and O–H groups in total. The Morgan fingerprint density at radius 2 is 1.81 bits per heavy atom. The number of hydrogen-bond acceptors (Lipinski definition) is 5. The van der Waals surface area contributed by atoms with Crippen LogP contribution in [-0.4, -0.2) is 59.0 Å². The molecule has 0 unspecified atom stereocenters. The van der Waals surface area contributed by atoms with Crippen molar-refractivity contribution in [3.63, 3.8) is 0 Å². The minimum absolute atomic E-state index is 0.132. The van der Waals surface area contributed by atoms with Gasteiger partial charge in [-0.25, -0.2) is 14.4 Å². The number of carbonyl (C=O) groups is 1. The van der Waals surface area contributed by atoms with Gasteiger partial charge in [-0.2, -0.15) is 13.2 Å². The number of benzene rings is 2. The molecule has 1 aromatic heterocycles. The van der Waals surface area contributed by atoms with Gasteiger partial charge in [-0.3, -0.25) is 9.69 Å². The van der Waals surface area contributed by atoms with Crippen molar-refractivity contribution in [2.45, 2.75) is 24.7 Å². The topological polar surface area (TPSA) is 58.6 Å². The highest BCUT2D eigenvalue weighted by Crippen LogP contribution is 2.36. The van der Waals surface area contributed by atoms with E-state index < -0.39 is 17.6 Å². The van der Waals surface area contributed by atoms with Crippen LogP contribution in [0.3, 0.4) is 0 Å². The van der Waals surface area contributed by atoms with Crippen LogP contribution < -0.4 is 4.74 Å². The van der Waals surface area contributed by atoms with E-state index in [1.807, 2.05) is 11.0 Å². The Morgan fingerprint density at radius 3 is 2.41 bits per heavy atom. The van der Waals surface area contributed by atoms with Gasteiger partial charge in [-0.05, 0) is 42.4 Å². The van der Waals surface area contributed by atoms with E-state index in [0.717, 1.165) is 17.7 Å². The highest BCUT2D eigenvalue weighted by molar-refractivity contribution is 6.42. The molecule has 2 aromatic carbocycles. The van der Waals surface area contributed by atoms with E-state index >= 15 is 0 Å². The SMILES string of the molecule is COc1ncc(C(=O)N2C[C@H](c3ccc(Cl)c(Cl)c3)[C@@H](N(C)Cc3ccc(C(F)(F)F)c(F)c3)C2)cn1. The third-order valence-electron chi connectivity index (χ3n) is 6.34. The maximum Gasteiger partial charge on any atom is 0.419 e. The Hall–Kier alpha value is -2.95. The molecule has 1 amide bonds. The van der Waals surface area contributed by atoms with Crippen molar-refractivity contribution in [1.82, 2.24) is 19.8 Å². The van der Waals surface area contributed by atoms with E-state index in [0.29, 0.717) is 28.7 Å². The number of ether oxygens (including phenoxy) is 1. The van der Waals surface area contributed by atoms with Crippen molar-refractivity contribution < 1.29 is 27.1 Å². The van der Waals surface area contributed by atoms with Gasteiger partial charge in [0.25, 0.3) is 5.91 Å². The summed E-state index contributed by atoms with van der Waals surface area (Å²) >= 11 is 12.3. The number of hydrogen-bond donors (Lipinski definition) is 0.